The molecule has 0 saturated carbocycles. The first kappa shape index (κ1) is 16.0. The molecule has 0 amide bonds. The average molecular weight is 326 g/mol. The molecule has 0 aliphatic heterocycles. The smallest absolute Gasteiger partial charge is 0.437 e. The van der Waals surface area contributed by atoms with Gasteiger partial charge in [-0.1, -0.05) is 36.4 Å². The molecule has 24 heavy (non-hydrogen) atoms. The van der Waals surface area contributed by atoms with Crippen LogP contribution in [0, 0.1) is 6.92 Å². The fourth-order valence-electron chi connectivity index (χ4n) is 2.28. The number of rotatable bonds is 6. The number of aryl methyl sites for hydroxylation is 1. The van der Waals surface area contributed by atoms with Crippen molar-refractivity contribution in [1.82, 2.24) is 9.78 Å². The molecule has 0 aliphatic carbocycles. The quantitative estimate of drug-likeness (QED) is 0.752. The minimum absolute atomic E-state index is 0.00104. The number of nitrogens with zero attached hydrogens (tertiary/aromatic N) is 2. The summed E-state index contributed by atoms with van der Waals surface area (Å²) in [5.74, 6) is 0.324. The van der Waals surface area contributed by atoms with Crippen LogP contribution in [0.5, 0.6) is 5.75 Å². The number of aliphatic hydroxyl groups excluding tert-OH is 1. The lowest BCUT2D eigenvalue weighted by molar-refractivity contribution is 0.0872. The molecule has 3 rings (SSSR count). The average Bonchev–Trinajstić information content (AvgIpc) is 2.96. The Balaban J connectivity index is 1.65. The lowest BCUT2D eigenvalue weighted by Gasteiger charge is -2.13. The summed E-state index contributed by atoms with van der Waals surface area (Å²) >= 11 is 0. The molecule has 0 aliphatic rings. The van der Waals surface area contributed by atoms with Gasteiger partial charge >= 0.3 is 5.76 Å². The van der Waals surface area contributed by atoms with E-state index in [0.717, 1.165) is 10.2 Å². The third-order valence-corrected chi connectivity index (χ3v) is 3.54. The first-order valence-corrected chi connectivity index (χ1v) is 7.63. The fraction of sp³-hybridized carbons (Fsp3) is 0.222. The molecule has 0 bridgehead atoms. The number of hydrogen-bond donors (Lipinski definition) is 1. The Labute approximate surface area is 138 Å². The van der Waals surface area contributed by atoms with E-state index in [-0.39, 0.29) is 19.0 Å². The van der Waals surface area contributed by atoms with Gasteiger partial charge in [0.1, 0.15) is 18.5 Å². The maximum atomic E-state index is 11.9. The largest absolute Gasteiger partial charge is 0.491 e. The molecule has 2 aromatic carbocycles. The summed E-state index contributed by atoms with van der Waals surface area (Å²) < 4.78 is 11.8. The lowest BCUT2D eigenvalue weighted by atomic mass is 10.2. The van der Waals surface area contributed by atoms with E-state index in [4.69, 9.17) is 9.15 Å². The summed E-state index contributed by atoms with van der Waals surface area (Å²) in [4.78, 5) is 11.9. The van der Waals surface area contributed by atoms with Gasteiger partial charge in [-0.3, -0.25) is 0 Å². The van der Waals surface area contributed by atoms with Crippen molar-refractivity contribution in [2.45, 2.75) is 19.6 Å². The van der Waals surface area contributed by atoms with Gasteiger partial charge in [-0.15, -0.1) is 5.10 Å². The minimum atomic E-state index is -0.879. The Morgan fingerprint density at radius 3 is 2.62 bits per heavy atom. The van der Waals surface area contributed by atoms with Gasteiger partial charge in [0.25, 0.3) is 0 Å². The second kappa shape index (κ2) is 7.14. The summed E-state index contributed by atoms with van der Waals surface area (Å²) in [5.41, 5.74) is 1.69. The molecule has 0 radical (unpaired) electrons. The van der Waals surface area contributed by atoms with Crippen molar-refractivity contribution in [1.29, 1.82) is 0 Å². The summed E-state index contributed by atoms with van der Waals surface area (Å²) in [6.45, 7) is 1.99. The van der Waals surface area contributed by atoms with Crippen LogP contribution in [0.1, 0.15) is 5.56 Å². The number of ether oxygens (including phenoxy) is 1. The van der Waals surface area contributed by atoms with Gasteiger partial charge in [-0.2, -0.15) is 4.68 Å². The third kappa shape index (κ3) is 3.72. The predicted octanol–water partition coefficient (Wildman–Crippen LogP) is 2.25. The van der Waals surface area contributed by atoms with Crippen LogP contribution in [0.3, 0.4) is 0 Å². The van der Waals surface area contributed by atoms with Gasteiger partial charge in [-0.25, -0.2) is 4.79 Å². The molecule has 124 valence electrons. The molecular weight excluding hydrogens is 308 g/mol. The van der Waals surface area contributed by atoms with Gasteiger partial charge in [0, 0.05) is 5.56 Å². The topological polar surface area (TPSA) is 77.5 Å². The molecule has 6 nitrogen and oxygen atoms in total. The number of aromatic nitrogens is 2. The molecule has 1 atom stereocenters. The molecule has 6 heteroatoms. The van der Waals surface area contributed by atoms with Crippen molar-refractivity contribution in [2.75, 3.05) is 6.61 Å². The van der Waals surface area contributed by atoms with Crippen molar-refractivity contribution in [3.05, 3.63) is 70.7 Å². The van der Waals surface area contributed by atoms with Crippen molar-refractivity contribution in [3.8, 4) is 17.2 Å². The van der Waals surface area contributed by atoms with Gasteiger partial charge in [0.15, 0.2) is 0 Å². The van der Waals surface area contributed by atoms with Crippen LogP contribution >= 0.6 is 0 Å². The zero-order chi connectivity index (χ0) is 16.9. The van der Waals surface area contributed by atoms with E-state index in [1.807, 2.05) is 49.4 Å². The first-order valence-electron chi connectivity index (χ1n) is 7.63. The van der Waals surface area contributed by atoms with E-state index >= 15 is 0 Å². The Morgan fingerprint density at radius 2 is 1.88 bits per heavy atom. The van der Waals surface area contributed by atoms with Crippen LogP contribution in [0.25, 0.3) is 11.5 Å². The summed E-state index contributed by atoms with van der Waals surface area (Å²) in [6.07, 6.45) is -0.879. The Kier molecular flexibility index (Phi) is 4.77. The zero-order valence-corrected chi connectivity index (χ0v) is 13.3. The highest BCUT2D eigenvalue weighted by Crippen LogP contribution is 2.17. The highest BCUT2D eigenvalue weighted by molar-refractivity contribution is 5.51. The maximum absolute atomic E-state index is 11.9. The highest BCUT2D eigenvalue weighted by atomic mass is 16.5. The summed E-state index contributed by atoms with van der Waals surface area (Å²) in [6, 6.07) is 16.7. The first-order chi connectivity index (χ1) is 11.6. The number of benzene rings is 2. The molecule has 0 spiro atoms. The Morgan fingerprint density at radius 1 is 1.17 bits per heavy atom. The monoisotopic (exact) mass is 326 g/mol. The van der Waals surface area contributed by atoms with Crippen molar-refractivity contribution < 1.29 is 14.3 Å². The summed E-state index contributed by atoms with van der Waals surface area (Å²) in [5, 5.41) is 14.2. The normalized spacial score (nSPS) is 12.1. The van der Waals surface area contributed by atoms with Crippen molar-refractivity contribution in [2.24, 2.45) is 0 Å². The van der Waals surface area contributed by atoms with Crippen LogP contribution in [0.15, 0.2) is 63.8 Å². The number of hydrogen-bond acceptors (Lipinski definition) is 5. The van der Waals surface area contributed by atoms with E-state index < -0.39 is 11.9 Å². The van der Waals surface area contributed by atoms with Crippen molar-refractivity contribution in [3.63, 3.8) is 0 Å². The molecule has 0 fully saturated rings. The van der Waals surface area contributed by atoms with Crippen LogP contribution in [-0.2, 0) is 6.54 Å². The van der Waals surface area contributed by atoms with Crippen LogP contribution in [0.4, 0.5) is 0 Å². The second-order valence-corrected chi connectivity index (χ2v) is 5.45. The number of aliphatic hydroxyl groups is 1. The van der Waals surface area contributed by atoms with E-state index in [0.29, 0.717) is 11.3 Å². The molecule has 1 N–H and O–H groups in total. The predicted molar refractivity (Wildman–Crippen MR) is 88.9 cm³/mol. The van der Waals surface area contributed by atoms with E-state index in [1.54, 1.807) is 12.1 Å². The van der Waals surface area contributed by atoms with Crippen molar-refractivity contribution >= 4 is 0 Å². The van der Waals surface area contributed by atoms with Crippen LogP contribution < -0.4 is 10.5 Å². The summed E-state index contributed by atoms with van der Waals surface area (Å²) in [7, 11) is 0. The van der Waals surface area contributed by atoms with Crippen LogP contribution in [0.2, 0.25) is 0 Å². The minimum Gasteiger partial charge on any atom is -0.491 e. The second-order valence-electron chi connectivity index (χ2n) is 5.45. The third-order valence-electron chi connectivity index (χ3n) is 3.54. The van der Waals surface area contributed by atoms with E-state index in [2.05, 4.69) is 5.10 Å². The van der Waals surface area contributed by atoms with E-state index in [9.17, 15) is 9.90 Å². The zero-order valence-electron chi connectivity index (χ0n) is 13.3. The van der Waals surface area contributed by atoms with Crippen LogP contribution in [-0.4, -0.2) is 27.6 Å². The Hall–Kier alpha value is -2.86. The van der Waals surface area contributed by atoms with Gasteiger partial charge in [0.2, 0.25) is 5.89 Å². The molecule has 0 saturated heterocycles. The highest BCUT2D eigenvalue weighted by Gasteiger charge is 2.14. The van der Waals surface area contributed by atoms with E-state index in [1.165, 1.54) is 0 Å². The maximum Gasteiger partial charge on any atom is 0.437 e. The van der Waals surface area contributed by atoms with Gasteiger partial charge in [0.05, 0.1) is 6.54 Å². The Bertz CT molecular complexity index is 855. The number of para-hydroxylation sites is 1. The molecule has 3 aromatic rings. The SMILES string of the molecule is Cc1ccccc1OCC(O)Cn1nc(-c2ccccc2)oc1=O. The standard InChI is InChI=1S/C18H18N2O4/c1-13-7-5-6-10-16(13)23-12-15(21)11-20-18(22)24-17(19-20)14-8-3-2-4-9-14/h2-10,15,21H,11-12H2,1H3. The fourth-order valence-corrected chi connectivity index (χ4v) is 2.28. The van der Waals surface area contributed by atoms with Gasteiger partial charge in [-0.05, 0) is 30.7 Å². The molecular formula is C18H18N2O4. The molecule has 1 unspecified atom stereocenters. The van der Waals surface area contributed by atoms with Gasteiger partial charge < -0.3 is 14.3 Å². The molecule has 1 aromatic heterocycles. The molecule has 1 heterocycles. The lowest BCUT2D eigenvalue weighted by Crippen LogP contribution is -2.29.